The van der Waals surface area contributed by atoms with Crippen LogP contribution in [0.3, 0.4) is 0 Å². The number of aryl methyl sites for hydroxylation is 1. The molecule has 3 rings (SSSR count). The molecule has 1 amide bonds. The second-order valence-electron chi connectivity index (χ2n) is 6.79. The molecule has 0 bridgehead atoms. The molecule has 1 aromatic carbocycles. The number of ether oxygens (including phenoxy) is 1. The van der Waals surface area contributed by atoms with Crippen molar-refractivity contribution in [3.63, 3.8) is 0 Å². The molecule has 3 aromatic rings. The Labute approximate surface area is 164 Å². The third-order valence-corrected chi connectivity index (χ3v) is 4.78. The number of rotatable bonds is 7. The summed E-state index contributed by atoms with van der Waals surface area (Å²) in [5.41, 5.74) is 2.66. The van der Waals surface area contributed by atoms with Gasteiger partial charge in [0, 0.05) is 29.9 Å². The van der Waals surface area contributed by atoms with Crippen molar-refractivity contribution in [2.75, 3.05) is 5.32 Å². The monoisotopic (exact) mass is 379 g/mol. The van der Waals surface area contributed by atoms with Crippen molar-refractivity contribution in [3.05, 3.63) is 70.3 Å². The normalized spacial score (nSPS) is 11.0. The molecule has 0 spiro atoms. The number of carbonyl (C=O) groups is 1. The van der Waals surface area contributed by atoms with E-state index in [0.717, 1.165) is 18.4 Å². The quantitative estimate of drug-likeness (QED) is 0.674. The molecule has 0 unspecified atom stereocenters. The summed E-state index contributed by atoms with van der Waals surface area (Å²) < 4.78 is 7.33. The van der Waals surface area contributed by atoms with Gasteiger partial charge in [0.15, 0.2) is 0 Å². The molecule has 146 valence electrons. The topological polar surface area (TPSA) is 72.7 Å². The first kappa shape index (κ1) is 19.6. The van der Waals surface area contributed by atoms with Gasteiger partial charge in [0.25, 0.3) is 5.56 Å². The lowest BCUT2D eigenvalue weighted by Gasteiger charge is -2.14. The van der Waals surface area contributed by atoms with E-state index in [1.807, 2.05) is 51.1 Å². The standard InChI is InChI=1S/C22H25N3O3/c1-4-16(5-2)22(27)24-17-9-6-10-19(12-17)28-14-18-13-20(26)25-11-7-8-15(3)21(25)23-18/h6-13,16H,4-5,14H2,1-3H3,(H,24,27). The van der Waals surface area contributed by atoms with Crippen LogP contribution in [0, 0.1) is 12.8 Å². The van der Waals surface area contributed by atoms with Gasteiger partial charge in [-0.15, -0.1) is 0 Å². The van der Waals surface area contributed by atoms with Gasteiger partial charge >= 0.3 is 0 Å². The summed E-state index contributed by atoms with van der Waals surface area (Å²) in [6, 6.07) is 12.5. The number of anilines is 1. The number of aromatic nitrogens is 2. The maximum absolute atomic E-state index is 12.3. The van der Waals surface area contributed by atoms with Crippen LogP contribution in [-0.2, 0) is 11.4 Å². The molecule has 0 saturated carbocycles. The molecular weight excluding hydrogens is 354 g/mol. The van der Waals surface area contributed by atoms with Crippen LogP contribution in [0.4, 0.5) is 5.69 Å². The molecule has 0 aliphatic rings. The predicted octanol–water partition coefficient (Wildman–Crippen LogP) is 3.96. The minimum Gasteiger partial charge on any atom is -0.487 e. The Hall–Kier alpha value is -3.15. The molecule has 0 aliphatic heterocycles. The fourth-order valence-electron chi connectivity index (χ4n) is 3.11. The number of fused-ring (bicyclic) bond motifs is 1. The fourth-order valence-corrected chi connectivity index (χ4v) is 3.11. The van der Waals surface area contributed by atoms with E-state index in [4.69, 9.17) is 4.74 Å². The van der Waals surface area contributed by atoms with Gasteiger partial charge in [0.05, 0.1) is 5.69 Å². The Balaban J connectivity index is 1.73. The predicted molar refractivity (Wildman–Crippen MR) is 110 cm³/mol. The van der Waals surface area contributed by atoms with Crippen molar-refractivity contribution < 1.29 is 9.53 Å². The maximum atomic E-state index is 12.3. The molecule has 0 fully saturated rings. The molecule has 6 heteroatoms. The van der Waals surface area contributed by atoms with E-state index in [-0.39, 0.29) is 24.0 Å². The molecular formula is C22H25N3O3. The smallest absolute Gasteiger partial charge is 0.258 e. The molecule has 1 N–H and O–H groups in total. The minimum atomic E-state index is -0.140. The second-order valence-corrected chi connectivity index (χ2v) is 6.79. The molecule has 0 radical (unpaired) electrons. The van der Waals surface area contributed by atoms with Gasteiger partial charge < -0.3 is 10.1 Å². The lowest BCUT2D eigenvalue weighted by atomic mass is 10.0. The van der Waals surface area contributed by atoms with Gasteiger partial charge in [-0.2, -0.15) is 0 Å². The Morgan fingerprint density at radius 3 is 2.71 bits per heavy atom. The molecule has 2 heterocycles. The highest BCUT2D eigenvalue weighted by atomic mass is 16.5. The van der Waals surface area contributed by atoms with Crippen molar-refractivity contribution >= 4 is 17.2 Å². The SMILES string of the molecule is CCC(CC)C(=O)Nc1cccc(OCc2cc(=O)n3cccc(C)c3n2)c1. The largest absolute Gasteiger partial charge is 0.487 e. The summed E-state index contributed by atoms with van der Waals surface area (Å²) in [6.45, 7) is 6.10. The van der Waals surface area contributed by atoms with Crippen molar-refractivity contribution in [2.24, 2.45) is 5.92 Å². The van der Waals surface area contributed by atoms with E-state index < -0.39 is 0 Å². The average Bonchev–Trinajstić information content (AvgIpc) is 2.68. The van der Waals surface area contributed by atoms with Gasteiger partial charge in [0.2, 0.25) is 5.91 Å². The van der Waals surface area contributed by atoms with Crippen LogP contribution in [0.25, 0.3) is 5.65 Å². The van der Waals surface area contributed by atoms with E-state index in [1.54, 1.807) is 12.3 Å². The van der Waals surface area contributed by atoms with Gasteiger partial charge in [-0.25, -0.2) is 4.98 Å². The van der Waals surface area contributed by atoms with Crippen molar-refractivity contribution in [1.29, 1.82) is 0 Å². The Morgan fingerprint density at radius 2 is 1.96 bits per heavy atom. The first-order valence-corrected chi connectivity index (χ1v) is 9.53. The van der Waals surface area contributed by atoms with E-state index in [9.17, 15) is 9.59 Å². The number of carbonyl (C=O) groups excluding carboxylic acids is 1. The summed E-state index contributed by atoms with van der Waals surface area (Å²) in [6.07, 6.45) is 3.32. The highest BCUT2D eigenvalue weighted by Crippen LogP contribution is 2.20. The van der Waals surface area contributed by atoms with Crippen molar-refractivity contribution in [1.82, 2.24) is 9.38 Å². The average molecular weight is 379 g/mol. The molecule has 0 saturated heterocycles. The van der Waals surface area contributed by atoms with E-state index in [2.05, 4.69) is 10.3 Å². The summed E-state index contributed by atoms with van der Waals surface area (Å²) >= 11 is 0. The van der Waals surface area contributed by atoms with Crippen LogP contribution < -0.4 is 15.6 Å². The lowest BCUT2D eigenvalue weighted by molar-refractivity contribution is -0.120. The Morgan fingerprint density at radius 1 is 1.18 bits per heavy atom. The first-order valence-electron chi connectivity index (χ1n) is 9.53. The second kappa shape index (κ2) is 8.69. The summed E-state index contributed by atoms with van der Waals surface area (Å²) in [7, 11) is 0. The summed E-state index contributed by atoms with van der Waals surface area (Å²) in [5, 5.41) is 2.94. The maximum Gasteiger partial charge on any atom is 0.258 e. The number of pyridine rings is 1. The molecule has 0 aliphatic carbocycles. The van der Waals surface area contributed by atoms with Crippen LogP contribution >= 0.6 is 0 Å². The van der Waals surface area contributed by atoms with Gasteiger partial charge in [-0.3, -0.25) is 14.0 Å². The van der Waals surface area contributed by atoms with Gasteiger partial charge in [-0.1, -0.05) is 26.0 Å². The molecule has 6 nitrogen and oxygen atoms in total. The third-order valence-electron chi connectivity index (χ3n) is 4.78. The van der Waals surface area contributed by atoms with Crippen LogP contribution in [0.5, 0.6) is 5.75 Å². The van der Waals surface area contributed by atoms with Crippen LogP contribution in [-0.4, -0.2) is 15.3 Å². The van der Waals surface area contributed by atoms with Gasteiger partial charge in [-0.05, 0) is 43.5 Å². The highest BCUT2D eigenvalue weighted by molar-refractivity contribution is 5.92. The molecule has 0 atom stereocenters. The zero-order valence-corrected chi connectivity index (χ0v) is 16.4. The number of hydrogen-bond donors (Lipinski definition) is 1. The highest BCUT2D eigenvalue weighted by Gasteiger charge is 2.14. The number of nitrogens with one attached hydrogen (secondary N) is 1. The van der Waals surface area contributed by atoms with Crippen LogP contribution in [0.2, 0.25) is 0 Å². The van der Waals surface area contributed by atoms with Gasteiger partial charge in [0.1, 0.15) is 18.0 Å². The Kier molecular flexibility index (Phi) is 6.09. The first-order chi connectivity index (χ1) is 13.5. The van der Waals surface area contributed by atoms with E-state index in [1.165, 1.54) is 10.5 Å². The van der Waals surface area contributed by atoms with Crippen molar-refractivity contribution in [3.8, 4) is 5.75 Å². The van der Waals surface area contributed by atoms with E-state index >= 15 is 0 Å². The molecule has 2 aromatic heterocycles. The van der Waals surface area contributed by atoms with Crippen molar-refractivity contribution in [2.45, 2.75) is 40.2 Å². The summed E-state index contributed by atoms with van der Waals surface area (Å²) in [4.78, 5) is 29.1. The number of hydrogen-bond acceptors (Lipinski definition) is 4. The number of benzene rings is 1. The third kappa shape index (κ3) is 4.39. The Bertz CT molecular complexity index is 1040. The zero-order valence-electron chi connectivity index (χ0n) is 16.4. The van der Waals surface area contributed by atoms with Crippen LogP contribution in [0.15, 0.2) is 53.5 Å². The lowest BCUT2D eigenvalue weighted by Crippen LogP contribution is -2.21. The van der Waals surface area contributed by atoms with E-state index in [0.29, 0.717) is 22.8 Å². The fraction of sp³-hybridized carbons (Fsp3) is 0.318. The zero-order chi connectivity index (χ0) is 20.1. The number of nitrogens with zero attached hydrogens (tertiary/aromatic N) is 2. The molecule has 28 heavy (non-hydrogen) atoms. The van der Waals surface area contributed by atoms with Crippen LogP contribution in [0.1, 0.15) is 37.9 Å². The number of amides is 1. The minimum absolute atomic E-state index is 0.00240. The summed E-state index contributed by atoms with van der Waals surface area (Å²) in [5.74, 6) is 0.624.